The quantitative estimate of drug-likeness (QED) is 0.358. The number of carbonyl (C=O) groups is 1. The van der Waals surface area contributed by atoms with Crippen LogP contribution in [0, 0.1) is 5.41 Å². The highest BCUT2D eigenvalue weighted by atomic mass is 28.4. The fourth-order valence-corrected chi connectivity index (χ4v) is 5.21. The Balaban J connectivity index is 2.06. The largest absolute Gasteiger partial charge is 0.462 e. The molecule has 1 saturated heterocycles. The molecule has 1 aliphatic carbocycles. The molecule has 0 amide bonds. The van der Waals surface area contributed by atoms with Crippen molar-refractivity contribution in [3.8, 4) is 0 Å². The van der Waals surface area contributed by atoms with Crippen molar-refractivity contribution in [3.63, 3.8) is 0 Å². The third-order valence-corrected chi connectivity index (χ3v) is 11.3. The van der Waals surface area contributed by atoms with E-state index in [1.165, 1.54) is 6.92 Å². The number of fused-ring (bicyclic) bond motifs is 1. The number of hydrogen-bond donors (Lipinski definition) is 0. The van der Waals surface area contributed by atoms with Crippen LogP contribution >= 0.6 is 0 Å². The average Bonchev–Trinajstić information content (AvgIpc) is 2.52. The first-order valence-corrected chi connectivity index (χ1v) is 13.0. The second kappa shape index (κ2) is 8.15. The molecule has 1 aliphatic heterocycles. The van der Waals surface area contributed by atoms with Gasteiger partial charge >= 0.3 is 5.97 Å². The van der Waals surface area contributed by atoms with Crippen LogP contribution in [0.2, 0.25) is 18.1 Å². The number of allylic oxidation sites excluding steroid dienone is 1. The standard InChI is InChI=1S/C21H38O4Si/c1-8-13-21-14-12-17(15-23-26(6,7)20(3,4)5)25-19(21)11-9-10-18(21)24-16(2)22/h8,17-19H,1,9-15H2,2-7H3/t17-,18-,19-,21+/m0/s1. The van der Waals surface area contributed by atoms with Crippen LogP contribution in [0.3, 0.4) is 0 Å². The average molecular weight is 383 g/mol. The van der Waals surface area contributed by atoms with E-state index >= 15 is 0 Å². The maximum Gasteiger partial charge on any atom is 0.302 e. The Bertz CT molecular complexity index is 511. The molecule has 26 heavy (non-hydrogen) atoms. The number of ether oxygens (including phenoxy) is 2. The van der Waals surface area contributed by atoms with Crippen LogP contribution in [0.15, 0.2) is 12.7 Å². The molecule has 0 aromatic rings. The molecule has 0 bridgehead atoms. The molecule has 2 rings (SSSR count). The molecule has 2 fully saturated rings. The van der Waals surface area contributed by atoms with Crippen LogP contribution in [0.1, 0.15) is 66.2 Å². The van der Waals surface area contributed by atoms with E-state index in [9.17, 15) is 4.79 Å². The highest BCUT2D eigenvalue weighted by Gasteiger charge is 2.52. The minimum atomic E-state index is -1.77. The third-order valence-electron chi connectivity index (χ3n) is 6.77. The van der Waals surface area contributed by atoms with Gasteiger partial charge in [-0.15, -0.1) is 6.58 Å². The number of carbonyl (C=O) groups excluding carboxylic acids is 1. The van der Waals surface area contributed by atoms with E-state index in [2.05, 4.69) is 40.4 Å². The van der Waals surface area contributed by atoms with Crippen molar-refractivity contribution >= 4 is 14.3 Å². The van der Waals surface area contributed by atoms with Crippen LogP contribution in [0.4, 0.5) is 0 Å². The smallest absolute Gasteiger partial charge is 0.302 e. The van der Waals surface area contributed by atoms with Gasteiger partial charge in [0.15, 0.2) is 8.32 Å². The van der Waals surface area contributed by atoms with Gasteiger partial charge in [-0.3, -0.25) is 4.79 Å². The van der Waals surface area contributed by atoms with Crippen LogP contribution in [0.25, 0.3) is 0 Å². The van der Waals surface area contributed by atoms with Crippen molar-refractivity contribution < 1.29 is 18.7 Å². The highest BCUT2D eigenvalue weighted by Crippen LogP contribution is 2.50. The molecule has 2 aliphatic rings. The fourth-order valence-electron chi connectivity index (χ4n) is 4.18. The Morgan fingerprint density at radius 1 is 1.31 bits per heavy atom. The molecule has 4 nitrogen and oxygen atoms in total. The normalized spacial score (nSPS) is 32.6. The maximum atomic E-state index is 11.6. The van der Waals surface area contributed by atoms with Crippen LogP contribution < -0.4 is 0 Å². The number of esters is 1. The second-order valence-corrected chi connectivity index (χ2v) is 14.4. The lowest BCUT2D eigenvalue weighted by Gasteiger charge is -2.53. The molecular formula is C21H38O4Si. The number of hydrogen-bond acceptors (Lipinski definition) is 4. The van der Waals surface area contributed by atoms with Crippen LogP contribution in [0.5, 0.6) is 0 Å². The van der Waals surface area contributed by atoms with E-state index in [0.717, 1.165) is 38.5 Å². The third kappa shape index (κ3) is 4.60. The lowest BCUT2D eigenvalue weighted by atomic mass is 9.63. The van der Waals surface area contributed by atoms with Crippen molar-refractivity contribution in [2.24, 2.45) is 5.41 Å². The molecule has 1 heterocycles. The van der Waals surface area contributed by atoms with Gasteiger partial charge in [0.1, 0.15) is 6.10 Å². The van der Waals surface area contributed by atoms with Crippen molar-refractivity contribution in [1.29, 1.82) is 0 Å². The maximum absolute atomic E-state index is 11.6. The predicted molar refractivity (Wildman–Crippen MR) is 108 cm³/mol. The summed E-state index contributed by atoms with van der Waals surface area (Å²) in [4.78, 5) is 11.6. The van der Waals surface area contributed by atoms with E-state index < -0.39 is 8.32 Å². The monoisotopic (exact) mass is 382 g/mol. The summed E-state index contributed by atoms with van der Waals surface area (Å²) >= 11 is 0. The molecule has 1 saturated carbocycles. The zero-order valence-electron chi connectivity index (χ0n) is 17.6. The van der Waals surface area contributed by atoms with E-state index in [1.807, 2.05) is 6.08 Å². The summed E-state index contributed by atoms with van der Waals surface area (Å²) in [6, 6.07) is 0. The van der Waals surface area contributed by atoms with E-state index in [4.69, 9.17) is 13.9 Å². The molecule has 150 valence electrons. The summed E-state index contributed by atoms with van der Waals surface area (Å²) in [5.74, 6) is -0.192. The zero-order chi connectivity index (χ0) is 19.6. The van der Waals surface area contributed by atoms with Gasteiger partial charge in [-0.2, -0.15) is 0 Å². The fraction of sp³-hybridized carbons (Fsp3) is 0.857. The Labute approximate surface area is 160 Å². The molecule has 0 radical (unpaired) electrons. The molecular weight excluding hydrogens is 344 g/mol. The van der Waals surface area contributed by atoms with Gasteiger partial charge in [0, 0.05) is 12.3 Å². The van der Waals surface area contributed by atoms with Crippen molar-refractivity contribution in [2.45, 2.75) is 103 Å². The summed E-state index contributed by atoms with van der Waals surface area (Å²) in [6.45, 7) is 17.5. The Kier molecular flexibility index (Phi) is 6.79. The van der Waals surface area contributed by atoms with Crippen LogP contribution in [-0.2, 0) is 18.7 Å². The van der Waals surface area contributed by atoms with E-state index in [1.54, 1.807) is 0 Å². The topological polar surface area (TPSA) is 44.8 Å². The van der Waals surface area contributed by atoms with Gasteiger partial charge in [0.2, 0.25) is 0 Å². The summed E-state index contributed by atoms with van der Waals surface area (Å²) < 4.78 is 18.6. The van der Waals surface area contributed by atoms with E-state index in [-0.39, 0.29) is 34.7 Å². The minimum absolute atomic E-state index is 0.0565. The lowest BCUT2D eigenvalue weighted by molar-refractivity contribution is -0.207. The first kappa shape index (κ1) is 21.6. The minimum Gasteiger partial charge on any atom is -0.462 e. The van der Waals surface area contributed by atoms with Crippen molar-refractivity contribution in [1.82, 2.24) is 0 Å². The van der Waals surface area contributed by atoms with Gasteiger partial charge in [0.25, 0.3) is 0 Å². The first-order chi connectivity index (χ1) is 12.0. The van der Waals surface area contributed by atoms with Crippen molar-refractivity contribution in [3.05, 3.63) is 12.7 Å². The molecule has 5 heteroatoms. The molecule has 0 spiro atoms. The summed E-state index contributed by atoms with van der Waals surface area (Å²) in [5.41, 5.74) is -0.112. The Hall–Kier alpha value is -0.653. The van der Waals surface area contributed by atoms with Gasteiger partial charge in [-0.25, -0.2) is 0 Å². The van der Waals surface area contributed by atoms with Gasteiger partial charge < -0.3 is 13.9 Å². The highest BCUT2D eigenvalue weighted by molar-refractivity contribution is 6.74. The second-order valence-electron chi connectivity index (χ2n) is 9.61. The zero-order valence-corrected chi connectivity index (χ0v) is 18.6. The van der Waals surface area contributed by atoms with Gasteiger partial charge in [-0.1, -0.05) is 26.8 Å². The van der Waals surface area contributed by atoms with Gasteiger partial charge in [-0.05, 0) is 56.7 Å². The molecule has 0 N–H and O–H groups in total. The van der Waals surface area contributed by atoms with Crippen molar-refractivity contribution in [2.75, 3.05) is 6.61 Å². The summed E-state index contributed by atoms with van der Waals surface area (Å²) in [6.07, 6.45) is 7.97. The van der Waals surface area contributed by atoms with E-state index in [0.29, 0.717) is 6.61 Å². The summed E-state index contributed by atoms with van der Waals surface area (Å²) in [5, 5.41) is 0.208. The first-order valence-electron chi connectivity index (χ1n) is 10.1. The lowest BCUT2D eigenvalue weighted by Crippen LogP contribution is -2.56. The van der Waals surface area contributed by atoms with Crippen LogP contribution in [-0.4, -0.2) is 39.2 Å². The SMILES string of the molecule is C=CC[C@]12CC[C@@H](CO[Si](C)(C)C(C)(C)C)O[C@H]1CCC[C@@H]2OC(C)=O. The predicted octanol–water partition coefficient (Wildman–Crippen LogP) is 5.23. The Morgan fingerprint density at radius 2 is 2.00 bits per heavy atom. The molecule has 4 atom stereocenters. The summed E-state index contributed by atoms with van der Waals surface area (Å²) in [7, 11) is -1.77. The molecule has 0 unspecified atom stereocenters. The molecule has 0 aromatic carbocycles. The molecule has 0 aromatic heterocycles. The van der Waals surface area contributed by atoms with Gasteiger partial charge in [0.05, 0.1) is 18.8 Å². The Morgan fingerprint density at radius 3 is 2.58 bits per heavy atom. The number of rotatable bonds is 6.